The molecule has 2 aromatic rings. The molecular formula is C17H22N4O2S2. The average molecular weight is 379 g/mol. The molecule has 1 fully saturated rings. The van der Waals surface area contributed by atoms with E-state index in [0.29, 0.717) is 12.3 Å². The van der Waals surface area contributed by atoms with Crippen molar-refractivity contribution in [3.05, 3.63) is 29.3 Å². The lowest BCUT2D eigenvalue weighted by Crippen LogP contribution is -2.32. The summed E-state index contributed by atoms with van der Waals surface area (Å²) < 4.78 is 6.27. The van der Waals surface area contributed by atoms with Crippen LogP contribution in [0.2, 0.25) is 0 Å². The van der Waals surface area contributed by atoms with Crippen LogP contribution in [-0.2, 0) is 9.53 Å². The molecule has 6 nitrogen and oxygen atoms in total. The SMILES string of the molecule is Cc1ccc(Nc2nnc(SCC(=O)NC[C@H]3CCCO3)s2)c(C)c1. The van der Waals surface area contributed by atoms with E-state index in [1.54, 1.807) is 0 Å². The number of nitrogens with one attached hydrogen (secondary N) is 2. The van der Waals surface area contributed by atoms with Gasteiger partial charge in [-0.05, 0) is 38.3 Å². The van der Waals surface area contributed by atoms with Gasteiger partial charge >= 0.3 is 0 Å². The van der Waals surface area contributed by atoms with Gasteiger partial charge in [-0.15, -0.1) is 10.2 Å². The Labute approximate surface area is 155 Å². The first-order valence-corrected chi connectivity index (χ1v) is 10.1. The molecular weight excluding hydrogens is 356 g/mol. The van der Waals surface area contributed by atoms with Crippen LogP contribution in [-0.4, -0.2) is 41.1 Å². The molecule has 1 saturated heterocycles. The zero-order valence-electron chi connectivity index (χ0n) is 14.4. The van der Waals surface area contributed by atoms with Gasteiger partial charge in [-0.2, -0.15) is 0 Å². The zero-order valence-corrected chi connectivity index (χ0v) is 16.0. The summed E-state index contributed by atoms with van der Waals surface area (Å²) in [6.07, 6.45) is 2.28. The molecule has 1 aromatic carbocycles. The van der Waals surface area contributed by atoms with E-state index in [0.717, 1.165) is 40.2 Å². The van der Waals surface area contributed by atoms with Crippen molar-refractivity contribution in [2.75, 3.05) is 24.2 Å². The van der Waals surface area contributed by atoms with Crippen LogP contribution in [0.25, 0.3) is 0 Å². The number of thioether (sulfide) groups is 1. The Morgan fingerprint density at radius 2 is 2.28 bits per heavy atom. The number of aryl methyl sites for hydroxylation is 2. The van der Waals surface area contributed by atoms with Crippen molar-refractivity contribution in [2.45, 2.75) is 37.1 Å². The number of carbonyl (C=O) groups is 1. The second kappa shape index (κ2) is 8.64. The Bertz CT molecular complexity index is 729. The molecule has 1 amide bonds. The van der Waals surface area contributed by atoms with Crippen LogP contribution in [0.5, 0.6) is 0 Å². The monoisotopic (exact) mass is 378 g/mol. The van der Waals surface area contributed by atoms with Gasteiger partial charge in [0.05, 0.1) is 11.9 Å². The summed E-state index contributed by atoms with van der Waals surface area (Å²) in [5, 5.41) is 15.2. The van der Waals surface area contributed by atoms with Gasteiger partial charge in [0.25, 0.3) is 0 Å². The summed E-state index contributed by atoms with van der Waals surface area (Å²) in [6.45, 7) is 5.52. The number of hydrogen-bond acceptors (Lipinski definition) is 7. The molecule has 0 aliphatic carbocycles. The molecule has 1 aliphatic rings. The van der Waals surface area contributed by atoms with Gasteiger partial charge in [-0.3, -0.25) is 4.79 Å². The van der Waals surface area contributed by atoms with Gasteiger partial charge in [-0.25, -0.2) is 0 Å². The first-order chi connectivity index (χ1) is 12.1. The molecule has 25 heavy (non-hydrogen) atoms. The molecule has 3 rings (SSSR count). The topological polar surface area (TPSA) is 76.1 Å². The quantitative estimate of drug-likeness (QED) is 0.720. The number of carbonyl (C=O) groups excluding carboxylic acids is 1. The van der Waals surface area contributed by atoms with Gasteiger partial charge in [0, 0.05) is 18.8 Å². The molecule has 0 bridgehead atoms. The van der Waals surface area contributed by atoms with E-state index in [-0.39, 0.29) is 12.0 Å². The third-order valence-electron chi connectivity index (χ3n) is 3.91. The van der Waals surface area contributed by atoms with E-state index in [9.17, 15) is 4.79 Å². The maximum Gasteiger partial charge on any atom is 0.230 e. The first-order valence-electron chi connectivity index (χ1n) is 8.29. The molecule has 0 unspecified atom stereocenters. The van der Waals surface area contributed by atoms with Crippen LogP contribution in [0, 0.1) is 13.8 Å². The second-order valence-corrected chi connectivity index (χ2v) is 8.24. The van der Waals surface area contributed by atoms with Gasteiger partial charge < -0.3 is 15.4 Å². The molecule has 0 saturated carbocycles. The standard InChI is InChI=1S/C17H22N4O2S2/c1-11-5-6-14(12(2)8-11)19-16-20-21-17(25-16)24-10-15(22)18-9-13-4-3-7-23-13/h5-6,8,13H,3-4,7,9-10H2,1-2H3,(H,18,22)(H,19,20)/t13-/m1/s1. The van der Waals surface area contributed by atoms with Crippen LogP contribution < -0.4 is 10.6 Å². The predicted molar refractivity (Wildman–Crippen MR) is 102 cm³/mol. The summed E-state index contributed by atoms with van der Waals surface area (Å²) in [7, 11) is 0. The number of aromatic nitrogens is 2. The summed E-state index contributed by atoms with van der Waals surface area (Å²) in [4.78, 5) is 11.9. The van der Waals surface area contributed by atoms with Crippen molar-refractivity contribution in [3.8, 4) is 0 Å². The molecule has 2 heterocycles. The molecule has 0 radical (unpaired) electrons. The highest BCUT2D eigenvalue weighted by Crippen LogP contribution is 2.28. The minimum absolute atomic E-state index is 0.000381. The third-order valence-corrected chi connectivity index (χ3v) is 5.88. The maximum absolute atomic E-state index is 11.9. The number of hydrogen-bond donors (Lipinski definition) is 2. The minimum atomic E-state index is -0.000381. The van der Waals surface area contributed by atoms with Gasteiger partial charge in [0.2, 0.25) is 11.0 Å². The van der Waals surface area contributed by atoms with Crippen molar-refractivity contribution in [2.24, 2.45) is 0 Å². The maximum atomic E-state index is 11.9. The zero-order chi connectivity index (χ0) is 17.6. The van der Waals surface area contributed by atoms with E-state index < -0.39 is 0 Å². The van der Waals surface area contributed by atoms with Crippen molar-refractivity contribution in [1.82, 2.24) is 15.5 Å². The number of anilines is 2. The molecule has 1 atom stereocenters. The van der Waals surface area contributed by atoms with Crippen LogP contribution in [0.1, 0.15) is 24.0 Å². The Balaban J connectivity index is 1.45. The van der Waals surface area contributed by atoms with E-state index in [4.69, 9.17) is 4.74 Å². The molecule has 1 aromatic heterocycles. The molecule has 8 heteroatoms. The minimum Gasteiger partial charge on any atom is -0.376 e. The number of rotatable bonds is 7. The third kappa shape index (κ3) is 5.42. The van der Waals surface area contributed by atoms with Gasteiger partial charge in [-0.1, -0.05) is 40.8 Å². The summed E-state index contributed by atoms with van der Waals surface area (Å²) in [5.41, 5.74) is 3.41. The number of ether oxygens (including phenoxy) is 1. The Morgan fingerprint density at radius 3 is 3.04 bits per heavy atom. The van der Waals surface area contributed by atoms with E-state index in [1.165, 1.54) is 28.7 Å². The summed E-state index contributed by atoms with van der Waals surface area (Å²) >= 11 is 2.85. The van der Waals surface area contributed by atoms with Crippen LogP contribution >= 0.6 is 23.1 Å². The van der Waals surface area contributed by atoms with Crippen molar-refractivity contribution >= 4 is 39.8 Å². The van der Waals surface area contributed by atoms with Crippen molar-refractivity contribution in [3.63, 3.8) is 0 Å². The summed E-state index contributed by atoms with van der Waals surface area (Å²) in [6, 6.07) is 6.22. The number of amides is 1. The lowest BCUT2D eigenvalue weighted by molar-refractivity contribution is -0.119. The lowest BCUT2D eigenvalue weighted by atomic mass is 10.1. The summed E-state index contributed by atoms with van der Waals surface area (Å²) in [5.74, 6) is 0.338. The molecule has 134 valence electrons. The van der Waals surface area contributed by atoms with Crippen LogP contribution in [0.4, 0.5) is 10.8 Å². The predicted octanol–water partition coefficient (Wildman–Crippen LogP) is 3.29. The largest absolute Gasteiger partial charge is 0.376 e. The normalized spacial score (nSPS) is 16.8. The molecule has 0 spiro atoms. The number of benzene rings is 1. The smallest absolute Gasteiger partial charge is 0.230 e. The fourth-order valence-electron chi connectivity index (χ4n) is 2.60. The fourth-order valence-corrected chi connectivity index (χ4v) is 4.19. The fraction of sp³-hybridized carbons (Fsp3) is 0.471. The Hall–Kier alpha value is -1.64. The molecule has 2 N–H and O–H groups in total. The van der Waals surface area contributed by atoms with Crippen LogP contribution in [0.3, 0.4) is 0 Å². The highest BCUT2D eigenvalue weighted by Gasteiger charge is 2.16. The van der Waals surface area contributed by atoms with Crippen LogP contribution in [0.15, 0.2) is 22.5 Å². The average Bonchev–Trinajstić information content (AvgIpc) is 3.25. The number of nitrogens with zero attached hydrogens (tertiary/aromatic N) is 2. The van der Waals surface area contributed by atoms with Gasteiger partial charge in [0.1, 0.15) is 0 Å². The Morgan fingerprint density at radius 1 is 1.40 bits per heavy atom. The van der Waals surface area contributed by atoms with E-state index >= 15 is 0 Å². The van der Waals surface area contributed by atoms with Gasteiger partial charge in [0.15, 0.2) is 4.34 Å². The van der Waals surface area contributed by atoms with E-state index in [1.807, 2.05) is 6.07 Å². The lowest BCUT2D eigenvalue weighted by Gasteiger charge is -2.09. The van der Waals surface area contributed by atoms with Crippen molar-refractivity contribution < 1.29 is 9.53 Å². The van der Waals surface area contributed by atoms with Crippen molar-refractivity contribution in [1.29, 1.82) is 0 Å². The molecule has 1 aliphatic heterocycles. The second-order valence-electron chi connectivity index (χ2n) is 6.04. The first kappa shape index (κ1) is 18.2. The highest BCUT2D eigenvalue weighted by molar-refractivity contribution is 8.01. The Kier molecular flexibility index (Phi) is 6.28. The van der Waals surface area contributed by atoms with E-state index in [2.05, 4.69) is 46.8 Å². The highest BCUT2D eigenvalue weighted by atomic mass is 32.2.